The van der Waals surface area contributed by atoms with E-state index in [1.54, 1.807) is 0 Å². The molecule has 2 rings (SSSR count). The molecule has 2 aliphatic rings. The largest absolute Gasteiger partial charge is 0.469 e. The van der Waals surface area contributed by atoms with Gasteiger partial charge in [-0.1, -0.05) is 6.42 Å². The van der Waals surface area contributed by atoms with Crippen LogP contribution in [0.25, 0.3) is 0 Å². The normalized spacial score (nSPS) is 26.9. The maximum Gasteiger partial charge on any atom is 0.313 e. The van der Waals surface area contributed by atoms with Crippen molar-refractivity contribution in [3.05, 3.63) is 0 Å². The minimum absolute atomic E-state index is 0.0578. The first-order chi connectivity index (χ1) is 7.70. The van der Waals surface area contributed by atoms with Crippen LogP contribution in [0.15, 0.2) is 0 Å². The first-order valence-electron chi connectivity index (χ1n) is 6.12. The van der Waals surface area contributed by atoms with E-state index < -0.39 is 5.41 Å². The first-order valence-corrected chi connectivity index (χ1v) is 6.12. The zero-order chi connectivity index (χ0) is 11.6. The van der Waals surface area contributed by atoms with Crippen molar-refractivity contribution in [1.82, 2.24) is 0 Å². The number of ether oxygens (including phenoxy) is 2. The smallest absolute Gasteiger partial charge is 0.313 e. The minimum Gasteiger partial charge on any atom is -0.469 e. The van der Waals surface area contributed by atoms with Gasteiger partial charge in [0.2, 0.25) is 0 Å². The van der Waals surface area contributed by atoms with Crippen LogP contribution in [0.4, 0.5) is 0 Å². The Kier molecular flexibility index (Phi) is 3.50. The molecule has 92 valence electrons. The van der Waals surface area contributed by atoms with Crippen molar-refractivity contribution in [3.8, 4) is 0 Å². The van der Waals surface area contributed by atoms with Gasteiger partial charge in [0.15, 0.2) is 0 Å². The highest BCUT2D eigenvalue weighted by atomic mass is 16.5. The van der Waals surface area contributed by atoms with E-state index in [1.807, 2.05) is 0 Å². The summed E-state index contributed by atoms with van der Waals surface area (Å²) in [5, 5.41) is 0. The summed E-state index contributed by atoms with van der Waals surface area (Å²) >= 11 is 0. The van der Waals surface area contributed by atoms with Gasteiger partial charge in [-0.05, 0) is 31.6 Å². The topological polar surface area (TPSA) is 61.5 Å². The number of hydrogen-bond acceptors (Lipinski definition) is 4. The lowest BCUT2D eigenvalue weighted by Gasteiger charge is -2.47. The van der Waals surface area contributed by atoms with Gasteiger partial charge >= 0.3 is 5.97 Å². The van der Waals surface area contributed by atoms with Crippen molar-refractivity contribution < 1.29 is 14.3 Å². The molecule has 0 aromatic heterocycles. The van der Waals surface area contributed by atoms with Crippen LogP contribution in [-0.2, 0) is 14.3 Å². The summed E-state index contributed by atoms with van der Waals surface area (Å²) in [6, 6.07) is -0.0578. The molecule has 16 heavy (non-hydrogen) atoms. The van der Waals surface area contributed by atoms with Gasteiger partial charge in [0.05, 0.1) is 12.5 Å². The van der Waals surface area contributed by atoms with Crippen molar-refractivity contribution in [2.24, 2.45) is 17.1 Å². The number of rotatable bonds is 3. The molecule has 0 amide bonds. The number of carbonyl (C=O) groups excluding carboxylic acids is 1. The van der Waals surface area contributed by atoms with Gasteiger partial charge in [-0.25, -0.2) is 0 Å². The molecule has 1 aliphatic carbocycles. The number of carbonyl (C=O) groups is 1. The van der Waals surface area contributed by atoms with Gasteiger partial charge in [0.1, 0.15) is 0 Å². The molecule has 0 bridgehead atoms. The summed E-state index contributed by atoms with van der Waals surface area (Å²) < 4.78 is 10.2. The molecule has 0 aromatic carbocycles. The molecular formula is C12H21NO3. The van der Waals surface area contributed by atoms with Crippen LogP contribution in [0, 0.1) is 11.3 Å². The van der Waals surface area contributed by atoms with Crippen LogP contribution in [0.2, 0.25) is 0 Å². The molecule has 0 spiro atoms. The lowest BCUT2D eigenvalue weighted by molar-refractivity contribution is -0.162. The molecule has 1 atom stereocenters. The number of nitrogens with two attached hydrogens (primary N) is 1. The van der Waals surface area contributed by atoms with Crippen molar-refractivity contribution in [2.75, 3.05) is 20.3 Å². The molecular weight excluding hydrogens is 206 g/mol. The van der Waals surface area contributed by atoms with Crippen molar-refractivity contribution in [2.45, 2.75) is 38.1 Å². The first kappa shape index (κ1) is 11.9. The third-order valence-corrected chi connectivity index (χ3v) is 4.25. The second-order valence-corrected chi connectivity index (χ2v) is 4.98. The monoisotopic (exact) mass is 227 g/mol. The lowest BCUT2D eigenvalue weighted by atomic mass is 9.60. The summed E-state index contributed by atoms with van der Waals surface area (Å²) in [6.07, 6.45) is 4.81. The molecule has 1 saturated heterocycles. The third kappa shape index (κ3) is 1.84. The quantitative estimate of drug-likeness (QED) is 0.733. The van der Waals surface area contributed by atoms with E-state index >= 15 is 0 Å². The predicted octanol–water partition coefficient (Wildman–Crippen LogP) is 1.08. The second-order valence-electron chi connectivity index (χ2n) is 4.98. The Morgan fingerprint density at radius 3 is 2.50 bits per heavy atom. The fourth-order valence-electron chi connectivity index (χ4n) is 2.96. The average molecular weight is 227 g/mol. The maximum atomic E-state index is 11.9. The Balaban J connectivity index is 2.05. The Morgan fingerprint density at radius 1 is 1.44 bits per heavy atom. The van der Waals surface area contributed by atoms with E-state index in [0.717, 1.165) is 45.3 Å². The molecule has 0 aromatic rings. The van der Waals surface area contributed by atoms with Crippen LogP contribution >= 0.6 is 0 Å². The molecule has 2 N–H and O–H groups in total. The molecule has 2 fully saturated rings. The molecule has 1 aliphatic heterocycles. The summed E-state index contributed by atoms with van der Waals surface area (Å²) in [4.78, 5) is 11.9. The van der Waals surface area contributed by atoms with E-state index in [2.05, 4.69) is 0 Å². The average Bonchev–Trinajstić information content (AvgIpc) is 2.28. The van der Waals surface area contributed by atoms with Gasteiger partial charge in [0.25, 0.3) is 0 Å². The summed E-state index contributed by atoms with van der Waals surface area (Å²) in [5.41, 5.74) is 5.92. The van der Waals surface area contributed by atoms with Gasteiger partial charge in [-0.15, -0.1) is 0 Å². The Hall–Kier alpha value is -0.610. The van der Waals surface area contributed by atoms with E-state index in [-0.39, 0.29) is 12.0 Å². The molecule has 1 heterocycles. The van der Waals surface area contributed by atoms with Crippen LogP contribution < -0.4 is 5.73 Å². The Labute approximate surface area is 96.5 Å². The summed E-state index contributed by atoms with van der Waals surface area (Å²) in [6.45, 7) is 1.55. The molecule has 0 radical (unpaired) electrons. The van der Waals surface area contributed by atoms with Gasteiger partial charge < -0.3 is 15.2 Å². The van der Waals surface area contributed by atoms with Crippen molar-refractivity contribution in [1.29, 1.82) is 0 Å². The van der Waals surface area contributed by atoms with Crippen LogP contribution in [-0.4, -0.2) is 32.3 Å². The SMILES string of the molecule is COC(=O)C1(C(N)C2CCOCC2)CCC1. The van der Waals surface area contributed by atoms with E-state index in [0.29, 0.717) is 5.92 Å². The van der Waals surface area contributed by atoms with Crippen LogP contribution in [0.3, 0.4) is 0 Å². The zero-order valence-electron chi connectivity index (χ0n) is 9.91. The summed E-state index contributed by atoms with van der Waals surface area (Å²) in [7, 11) is 1.46. The molecule has 4 nitrogen and oxygen atoms in total. The van der Waals surface area contributed by atoms with E-state index in [9.17, 15) is 4.79 Å². The second kappa shape index (κ2) is 4.72. The Bertz CT molecular complexity index is 257. The third-order valence-electron chi connectivity index (χ3n) is 4.25. The predicted molar refractivity (Wildman–Crippen MR) is 59.8 cm³/mol. The van der Waals surface area contributed by atoms with Crippen LogP contribution in [0.5, 0.6) is 0 Å². The van der Waals surface area contributed by atoms with Crippen molar-refractivity contribution in [3.63, 3.8) is 0 Å². The zero-order valence-corrected chi connectivity index (χ0v) is 9.91. The van der Waals surface area contributed by atoms with E-state index in [4.69, 9.17) is 15.2 Å². The standard InChI is InChI=1S/C12H21NO3/c1-15-11(14)12(5-2-6-12)10(13)9-3-7-16-8-4-9/h9-10H,2-8,13H2,1H3. The maximum absolute atomic E-state index is 11.9. The minimum atomic E-state index is -0.392. The molecule has 1 saturated carbocycles. The highest BCUT2D eigenvalue weighted by molar-refractivity contribution is 5.78. The highest BCUT2D eigenvalue weighted by Crippen LogP contribution is 2.47. The fourth-order valence-corrected chi connectivity index (χ4v) is 2.96. The Morgan fingerprint density at radius 2 is 2.06 bits per heavy atom. The fraction of sp³-hybridized carbons (Fsp3) is 0.917. The number of hydrogen-bond donors (Lipinski definition) is 1. The van der Waals surface area contributed by atoms with Gasteiger partial charge in [-0.3, -0.25) is 4.79 Å². The number of esters is 1. The molecule has 1 unspecified atom stereocenters. The summed E-state index contributed by atoms with van der Waals surface area (Å²) in [5.74, 6) is 0.297. The lowest BCUT2D eigenvalue weighted by Crippen LogP contribution is -2.56. The highest BCUT2D eigenvalue weighted by Gasteiger charge is 2.52. The molecule has 4 heteroatoms. The van der Waals surface area contributed by atoms with Crippen molar-refractivity contribution >= 4 is 5.97 Å². The van der Waals surface area contributed by atoms with Crippen LogP contribution in [0.1, 0.15) is 32.1 Å². The number of methoxy groups -OCH3 is 1. The van der Waals surface area contributed by atoms with Gasteiger partial charge in [-0.2, -0.15) is 0 Å². The van der Waals surface area contributed by atoms with E-state index in [1.165, 1.54) is 7.11 Å². The van der Waals surface area contributed by atoms with Gasteiger partial charge in [0, 0.05) is 19.3 Å².